The van der Waals surface area contributed by atoms with Crippen molar-refractivity contribution in [3.8, 4) is 0 Å². The van der Waals surface area contributed by atoms with Crippen molar-refractivity contribution in [2.45, 2.75) is 25.5 Å². The molecule has 0 amide bonds. The van der Waals surface area contributed by atoms with Gasteiger partial charge in [0.15, 0.2) is 0 Å². The number of rotatable bonds is 7. The average Bonchev–Trinajstić information content (AvgIpc) is 3.04. The standard InChI is InChI=1S/C13H22N2O3S/c1-19(2,3)7-6-18-9-15-8-11(10-4-5-10)14-12(15)13(16)17/h8,10H,4-7,9H2,1-3H3,(H,16,17). The van der Waals surface area contributed by atoms with E-state index < -0.39 is 16.0 Å². The Morgan fingerprint density at radius 2 is 2.21 bits per heavy atom. The van der Waals surface area contributed by atoms with Crippen molar-refractivity contribution in [3.63, 3.8) is 0 Å². The summed E-state index contributed by atoms with van der Waals surface area (Å²) in [5.74, 6) is 0.583. The maximum Gasteiger partial charge on any atom is 0.372 e. The first-order chi connectivity index (χ1) is 8.87. The van der Waals surface area contributed by atoms with Crippen LogP contribution in [0.15, 0.2) is 6.20 Å². The topological polar surface area (TPSA) is 64.4 Å². The molecule has 1 N–H and O–H groups in total. The second-order valence-electron chi connectivity index (χ2n) is 5.87. The van der Waals surface area contributed by atoms with Crippen LogP contribution in [0, 0.1) is 0 Å². The smallest absolute Gasteiger partial charge is 0.372 e. The maximum absolute atomic E-state index is 11.1. The van der Waals surface area contributed by atoms with Crippen LogP contribution in [0.2, 0.25) is 0 Å². The second kappa shape index (κ2) is 5.54. The van der Waals surface area contributed by atoms with Crippen molar-refractivity contribution >= 4 is 16.0 Å². The maximum atomic E-state index is 11.1. The Morgan fingerprint density at radius 3 is 2.74 bits per heavy atom. The molecule has 1 aliphatic carbocycles. The molecule has 0 unspecified atom stereocenters. The molecule has 1 aliphatic rings. The van der Waals surface area contributed by atoms with Crippen LogP contribution in [0.1, 0.15) is 35.1 Å². The molecule has 0 aliphatic heterocycles. The first-order valence-electron chi connectivity index (χ1n) is 6.41. The lowest BCUT2D eigenvalue weighted by atomic mass is 10.3. The SMILES string of the molecule is CS(C)(C)CCOCn1cc(C2CC2)nc1C(=O)O. The van der Waals surface area contributed by atoms with E-state index in [1.54, 1.807) is 4.57 Å². The molecule has 1 aromatic heterocycles. The summed E-state index contributed by atoms with van der Waals surface area (Å²) in [5.41, 5.74) is 0.891. The summed E-state index contributed by atoms with van der Waals surface area (Å²) in [7, 11) is -0.569. The van der Waals surface area contributed by atoms with Crippen LogP contribution < -0.4 is 0 Å². The van der Waals surface area contributed by atoms with Crippen LogP contribution >= 0.6 is 10.0 Å². The van der Waals surface area contributed by atoms with Crippen molar-refractivity contribution in [3.05, 3.63) is 17.7 Å². The molecule has 19 heavy (non-hydrogen) atoms. The van der Waals surface area contributed by atoms with Crippen LogP contribution in [-0.4, -0.2) is 51.8 Å². The molecule has 108 valence electrons. The van der Waals surface area contributed by atoms with Crippen molar-refractivity contribution in [2.24, 2.45) is 0 Å². The number of nitrogens with zero attached hydrogens (tertiary/aromatic N) is 2. The summed E-state index contributed by atoms with van der Waals surface area (Å²) in [5, 5.41) is 9.13. The lowest BCUT2D eigenvalue weighted by Crippen LogP contribution is -2.13. The van der Waals surface area contributed by atoms with Gasteiger partial charge in [-0.2, -0.15) is 0 Å². The van der Waals surface area contributed by atoms with E-state index in [0.29, 0.717) is 12.5 Å². The van der Waals surface area contributed by atoms with Gasteiger partial charge in [0, 0.05) is 17.9 Å². The molecule has 0 bridgehead atoms. The van der Waals surface area contributed by atoms with E-state index in [1.165, 1.54) is 0 Å². The minimum atomic E-state index is -0.989. The van der Waals surface area contributed by atoms with Gasteiger partial charge in [0.05, 0.1) is 12.3 Å². The van der Waals surface area contributed by atoms with Gasteiger partial charge in [-0.25, -0.2) is 19.8 Å². The molecule has 5 nitrogen and oxygen atoms in total. The fourth-order valence-electron chi connectivity index (χ4n) is 1.75. The third-order valence-electron chi connectivity index (χ3n) is 3.05. The van der Waals surface area contributed by atoms with Crippen molar-refractivity contribution in [1.29, 1.82) is 0 Å². The summed E-state index contributed by atoms with van der Waals surface area (Å²) in [6, 6.07) is 0. The zero-order valence-electron chi connectivity index (χ0n) is 11.8. The van der Waals surface area contributed by atoms with Gasteiger partial charge >= 0.3 is 5.97 Å². The second-order valence-corrected chi connectivity index (χ2v) is 10.5. The molecular weight excluding hydrogens is 264 g/mol. The van der Waals surface area contributed by atoms with Crippen LogP contribution in [-0.2, 0) is 11.5 Å². The van der Waals surface area contributed by atoms with Crippen LogP contribution in [0.25, 0.3) is 0 Å². The van der Waals surface area contributed by atoms with Gasteiger partial charge in [0.1, 0.15) is 6.73 Å². The van der Waals surface area contributed by atoms with Gasteiger partial charge in [0.2, 0.25) is 5.82 Å². The number of hydrogen-bond donors (Lipinski definition) is 1. The number of imidazole rings is 1. The largest absolute Gasteiger partial charge is 0.475 e. The fraction of sp³-hybridized carbons (Fsp3) is 0.692. The number of aromatic nitrogens is 2. The normalized spacial score (nSPS) is 16.6. The van der Waals surface area contributed by atoms with Gasteiger partial charge in [-0.1, -0.05) is 0 Å². The Bertz CT molecular complexity index is 461. The van der Waals surface area contributed by atoms with E-state index in [9.17, 15) is 4.79 Å². The molecule has 0 spiro atoms. The molecular formula is C13H22N2O3S. The number of aromatic carboxylic acids is 1. The van der Waals surface area contributed by atoms with Gasteiger partial charge in [-0.05, 0) is 31.6 Å². The predicted octanol–water partition coefficient (Wildman–Crippen LogP) is 2.13. The Kier molecular flexibility index (Phi) is 4.20. The molecule has 1 fully saturated rings. The number of hydrogen-bond acceptors (Lipinski definition) is 3. The molecule has 0 radical (unpaired) electrons. The Labute approximate surface area is 115 Å². The average molecular weight is 286 g/mol. The molecule has 1 heterocycles. The van der Waals surface area contributed by atoms with Crippen molar-refractivity contribution in [1.82, 2.24) is 9.55 Å². The molecule has 1 aromatic rings. The number of carbonyl (C=O) groups is 1. The summed E-state index contributed by atoms with van der Waals surface area (Å²) >= 11 is 0. The van der Waals surface area contributed by atoms with Crippen LogP contribution in [0.4, 0.5) is 0 Å². The van der Waals surface area contributed by atoms with Gasteiger partial charge in [-0.3, -0.25) is 0 Å². The first kappa shape index (κ1) is 14.4. The lowest BCUT2D eigenvalue weighted by molar-refractivity contribution is 0.0618. The molecule has 0 aromatic carbocycles. The van der Waals surface area contributed by atoms with E-state index in [1.807, 2.05) is 6.20 Å². The van der Waals surface area contributed by atoms with E-state index in [0.717, 1.165) is 24.3 Å². The summed E-state index contributed by atoms with van der Waals surface area (Å²) in [6.07, 6.45) is 10.8. The Morgan fingerprint density at radius 1 is 1.53 bits per heavy atom. The highest BCUT2D eigenvalue weighted by atomic mass is 32.3. The summed E-state index contributed by atoms with van der Waals surface area (Å²) < 4.78 is 7.19. The van der Waals surface area contributed by atoms with Crippen LogP contribution in [0.5, 0.6) is 0 Å². The lowest BCUT2D eigenvalue weighted by Gasteiger charge is -2.24. The third-order valence-corrected chi connectivity index (χ3v) is 4.44. The summed E-state index contributed by atoms with van der Waals surface area (Å²) in [6.45, 7) is 0.936. The Balaban J connectivity index is 1.93. The zero-order valence-corrected chi connectivity index (χ0v) is 12.6. The Hall–Kier alpha value is -1.01. The monoisotopic (exact) mass is 286 g/mol. The minimum Gasteiger partial charge on any atom is -0.475 e. The van der Waals surface area contributed by atoms with Crippen molar-refractivity contribution < 1.29 is 14.6 Å². The summed E-state index contributed by atoms with van der Waals surface area (Å²) in [4.78, 5) is 15.3. The molecule has 0 saturated heterocycles. The van der Waals surface area contributed by atoms with Gasteiger partial charge < -0.3 is 14.4 Å². The molecule has 6 heteroatoms. The molecule has 0 atom stereocenters. The predicted molar refractivity (Wildman–Crippen MR) is 77.3 cm³/mol. The number of carboxylic acids is 1. The molecule has 1 saturated carbocycles. The zero-order chi connectivity index (χ0) is 14.0. The van der Waals surface area contributed by atoms with E-state index in [-0.39, 0.29) is 12.6 Å². The minimum absolute atomic E-state index is 0.0880. The van der Waals surface area contributed by atoms with E-state index >= 15 is 0 Å². The number of ether oxygens (including phenoxy) is 1. The molecule has 2 rings (SSSR count). The van der Waals surface area contributed by atoms with E-state index in [2.05, 4.69) is 23.8 Å². The highest BCUT2D eigenvalue weighted by Crippen LogP contribution is 2.39. The highest BCUT2D eigenvalue weighted by molar-refractivity contribution is 8.32. The first-order valence-corrected chi connectivity index (χ1v) is 9.43. The fourth-order valence-corrected chi connectivity index (χ4v) is 2.37. The quantitative estimate of drug-likeness (QED) is 0.780. The van der Waals surface area contributed by atoms with Crippen LogP contribution in [0.3, 0.4) is 0 Å². The highest BCUT2D eigenvalue weighted by Gasteiger charge is 2.28. The third kappa shape index (κ3) is 4.24. The van der Waals surface area contributed by atoms with Crippen molar-refractivity contribution in [2.75, 3.05) is 31.1 Å². The van der Waals surface area contributed by atoms with Gasteiger partial charge in [0.25, 0.3) is 0 Å². The van der Waals surface area contributed by atoms with Gasteiger partial charge in [-0.15, -0.1) is 0 Å². The van der Waals surface area contributed by atoms with E-state index in [4.69, 9.17) is 9.84 Å². The number of carboxylic acid groups (broad SMARTS) is 1.